The molecule has 1 heterocycles. The summed E-state index contributed by atoms with van der Waals surface area (Å²) in [6.07, 6.45) is 4.47. The molecular formula is C9H10ClNO. The molecule has 0 amide bonds. The van der Waals surface area contributed by atoms with E-state index in [1.165, 1.54) is 12.7 Å². The second-order valence-corrected chi connectivity index (χ2v) is 1.83. The van der Waals surface area contributed by atoms with Crippen LogP contribution in [0.3, 0.4) is 0 Å². The molecule has 0 atom stereocenters. The molecule has 0 bridgehead atoms. The first kappa shape index (κ1) is 10.7. The SMILES string of the molecule is Cl.c1ccccc1.c1cocn1. The van der Waals surface area contributed by atoms with Gasteiger partial charge in [0.1, 0.15) is 6.26 Å². The average molecular weight is 184 g/mol. The van der Waals surface area contributed by atoms with Crippen molar-refractivity contribution >= 4 is 12.4 Å². The predicted molar refractivity (Wildman–Crippen MR) is 50.2 cm³/mol. The first-order chi connectivity index (χ1) is 5.50. The number of rotatable bonds is 0. The average Bonchev–Trinajstić information content (AvgIpc) is 2.64. The van der Waals surface area contributed by atoms with Gasteiger partial charge in [0.05, 0.1) is 6.20 Å². The quantitative estimate of drug-likeness (QED) is 0.628. The Balaban J connectivity index is 0.000000189. The van der Waals surface area contributed by atoms with Crippen molar-refractivity contribution < 1.29 is 4.42 Å². The number of oxazole rings is 1. The maximum Gasteiger partial charge on any atom is 0.180 e. The van der Waals surface area contributed by atoms with Crippen LogP contribution in [-0.2, 0) is 0 Å². The van der Waals surface area contributed by atoms with Gasteiger partial charge in [-0.25, -0.2) is 4.98 Å². The summed E-state index contributed by atoms with van der Waals surface area (Å²) in [6.45, 7) is 0. The van der Waals surface area contributed by atoms with Crippen LogP contribution in [0.1, 0.15) is 0 Å². The van der Waals surface area contributed by atoms with Crippen LogP contribution in [0, 0.1) is 0 Å². The van der Waals surface area contributed by atoms with Crippen molar-refractivity contribution in [1.29, 1.82) is 0 Å². The third kappa shape index (κ3) is 5.50. The van der Waals surface area contributed by atoms with Crippen LogP contribution >= 0.6 is 12.4 Å². The van der Waals surface area contributed by atoms with E-state index in [4.69, 9.17) is 0 Å². The fourth-order valence-corrected chi connectivity index (χ4v) is 0.561. The van der Waals surface area contributed by atoms with Gasteiger partial charge in [-0.1, -0.05) is 36.4 Å². The maximum absolute atomic E-state index is 4.47. The van der Waals surface area contributed by atoms with Gasteiger partial charge in [0.25, 0.3) is 0 Å². The molecular weight excluding hydrogens is 174 g/mol. The van der Waals surface area contributed by atoms with Crippen molar-refractivity contribution in [3.05, 3.63) is 55.3 Å². The lowest BCUT2D eigenvalue weighted by Crippen LogP contribution is -1.47. The zero-order valence-corrected chi connectivity index (χ0v) is 7.28. The van der Waals surface area contributed by atoms with Gasteiger partial charge in [0.2, 0.25) is 0 Å². The molecule has 2 rings (SSSR count). The summed E-state index contributed by atoms with van der Waals surface area (Å²) < 4.78 is 4.47. The lowest BCUT2D eigenvalue weighted by Gasteiger charge is -1.69. The molecule has 0 saturated carbocycles. The second-order valence-electron chi connectivity index (χ2n) is 1.83. The predicted octanol–water partition coefficient (Wildman–Crippen LogP) is 2.78. The van der Waals surface area contributed by atoms with Crippen molar-refractivity contribution in [1.82, 2.24) is 4.98 Å². The lowest BCUT2D eigenvalue weighted by molar-refractivity contribution is 0.558. The molecule has 0 aliphatic rings. The van der Waals surface area contributed by atoms with Crippen LogP contribution in [0.2, 0.25) is 0 Å². The van der Waals surface area contributed by atoms with Crippen molar-refractivity contribution in [3.63, 3.8) is 0 Å². The van der Waals surface area contributed by atoms with E-state index in [1.54, 1.807) is 6.20 Å². The summed E-state index contributed by atoms with van der Waals surface area (Å²) in [5, 5.41) is 0. The van der Waals surface area contributed by atoms with Crippen molar-refractivity contribution in [2.24, 2.45) is 0 Å². The highest BCUT2D eigenvalue weighted by Gasteiger charge is 1.59. The van der Waals surface area contributed by atoms with Crippen LogP contribution in [0.15, 0.2) is 59.7 Å². The van der Waals surface area contributed by atoms with E-state index in [0.29, 0.717) is 0 Å². The monoisotopic (exact) mass is 183 g/mol. The fraction of sp³-hybridized carbons (Fsp3) is 0. The van der Waals surface area contributed by atoms with Gasteiger partial charge >= 0.3 is 0 Å². The molecule has 64 valence electrons. The third-order valence-electron chi connectivity index (χ3n) is 1.01. The molecule has 12 heavy (non-hydrogen) atoms. The minimum atomic E-state index is 0. The summed E-state index contributed by atoms with van der Waals surface area (Å²) in [6, 6.07) is 12.0. The Morgan fingerprint density at radius 2 is 1.33 bits per heavy atom. The van der Waals surface area contributed by atoms with E-state index in [-0.39, 0.29) is 12.4 Å². The smallest absolute Gasteiger partial charge is 0.180 e. The zero-order valence-electron chi connectivity index (χ0n) is 6.46. The van der Waals surface area contributed by atoms with E-state index in [9.17, 15) is 0 Å². The van der Waals surface area contributed by atoms with Crippen LogP contribution in [0.25, 0.3) is 0 Å². The van der Waals surface area contributed by atoms with Gasteiger partial charge in [0.15, 0.2) is 6.39 Å². The highest BCUT2D eigenvalue weighted by molar-refractivity contribution is 5.85. The van der Waals surface area contributed by atoms with Crippen molar-refractivity contribution in [2.75, 3.05) is 0 Å². The van der Waals surface area contributed by atoms with Gasteiger partial charge in [-0.15, -0.1) is 12.4 Å². The normalized spacial score (nSPS) is 7.33. The molecule has 2 nitrogen and oxygen atoms in total. The summed E-state index contributed by atoms with van der Waals surface area (Å²) in [5.74, 6) is 0. The highest BCUT2D eigenvalue weighted by atomic mass is 35.5. The molecule has 1 aromatic carbocycles. The summed E-state index contributed by atoms with van der Waals surface area (Å²) in [7, 11) is 0. The number of halogens is 1. The summed E-state index contributed by atoms with van der Waals surface area (Å²) in [5.41, 5.74) is 0. The number of hydrogen-bond acceptors (Lipinski definition) is 2. The molecule has 0 aliphatic carbocycles. The first-order valence-electron chi connectivity index (χ1n) is 3.32. The molecule has 0 N–H and O–H groups in total. The van der Waals surface area contributed by atoms with Gasteiger partial charge in [-0.2, -0.15) is 0 Å². The third-order valence-corrected chi connectivity index (χ3v) is 1.01. The van der Waals surface area contributed by atoms with E-state index in [2.05, 4.69) is 9.40 Å². The molecule has 1 aromatic heterocycles. The molecule has 0 spiro atoms. The summed E-state index contributed by atoms with van der Waals surface area (Å²) in [4.78, 5) is 3.56. The minimum Gasteiger partial charge on any atom is -0.452 e. The van der Waals surface area contributed by atoms with Gasteiger partial charge in [0, 0.05) is 0 Å². The Bertz CT molecular complexity index is 200. The van der Waals surface area contributed by atoms with E-state index in [0.717, 1.165) is 0 Å². The minimum absolute atomic E-state index is 0. The van der Waals surface area contributed by atoms with Crippen LogP contribution in [0.5, 0.6) is 0 Å². The zero-order chi connectivity index (χ0) is 7.78. The summed E-state index contributed by atoms with van der Waals surface area (Å²) >= 11 is 0. The Kier molecular flexibility index (Phi) is 6.99. The maximum atomic E-state index is 4.47. The lowest BCUT2D eigenvalue weighted by atomic mass is 10.4. The molecule has 0 fully saturated rings. The first-order valence-corrected chi connectivity index (χ1v) is 3.32. The largest absolute Gasteiger partial charge is 0.452 e. The number of nitrogens with zero attached hydrogens (tertiary/aromatic N) is 1. The van der Waals surface area contributed by atoms with Crippen molar-refractivity contribution in [3.8, 4) is 0 Å². The Labute approximate surface area is 77.7 Å². The van der Waals surface area contributed by atoms with Crippen LogP contribution in [-0.4, -0.2) is 4.98 Å². The molecule has 0 saturated heterocycles. The highest BCUT2D eigenvalue weighted by Crippen LogP contribution is 1.79. The van der Waals surface area contributed by atoms with E-state index >= 15 is 0 Å². The Morgan fingerprint density at radius 3 is 1.50 bits per heavy atom. The Hall–Kier alpha value is -1.28. The van der Waals surface area contributed by atoms with Gasteiger partial charge in [-0.05, 0) is 0 Å². The molecule has 0 unspecified atom stereocenters. The topological polar surface area (TPSA) is 26.0 Å². The Morgan fingerprint density at radius 1 is 0.833 bits per heavy atom. The standard InChI is InChI=1S/C6H6.C3H3NO.ClH/c1-2-4-6-5-3-1;1-2-5-3-4-1;/h1-6H;1-3H;1H. The number of hydrogen-bond donors (Lipinski definition) is 0. The van der Waals surface area contributed by atoms with E-state index in [1.807, 2.05) is 36.4 Å². The molecule has 0 aliphatic heterocycles. The number of aromatic nitrogens is 1. The van der Waals surface area contributed by atoms with Gasteiger partial charge in [-0.3, -0.25) is 0 Å². The molecule has 0 radical (unpaired) electrons. The van der Waals surface area contributed by atoms with E-state index < -0.39 is 0 Å². The van der Waals surface area contributed by atoms with Crippen LogP contribution in [0.4, 0.5) is 0 Å². The molecule has 2 aromatic rings. The van der Waals surface area contributed by atoms with Crippen molar-refractivity contribution in [2.45, 2.75) is 0 Å². The van der Waals surface area contributed by atoms with Crippen LogP contribution < -0.4 is 0 Å². The number of benzene rings is 1. The van der Waals surface area contributed by atoms with Gasteiger partial charge < -0.3 is 4.42 Å². The fourth-order valence-electron chi connectivity index (χ4n) is 0.561. The molecule has 3 heteroatoms. The second kappa shape index (κ2) is 7.82.